The molecule has 1 N–H and O–H groups in total. The van der Waals surface area contributed by atoms with Crippen LogP contribution in [0.15, 0.2) is 30.6 Å². The van der Waals surface area contributed by atoms with Crippen molar-refractivity contribution in [2.45, 2.75) is 38.8 Å². The average molecular weight is 464 g/mol. The van der Waals surface area contributed by atoms with Crippen LogP contribution in [0.3, 0.4) is 0 Å². The Kier molecular flexibility index (Phi) is 5.54. The van der Waals surface area contributed by atoms with E-state index >= 15 is 0 Å². The molecular weight excluding hydrogens is 441 g/mol. The number of alkyl carbamates (subject to hydrolysis) is 1. The quantitative estimate of drug-likeness (QED) is 0.630. The molecule has 0 unspecified atom stereocenters. The lowest BCUT2D eigenvalue weighted by Gasteiger charge is -2.39. The van der Waals surface area contributed by atoms with Gasteiger partial charge < -0.3 is 24.3 Å². The molecule has 0 radical (unpaired) electrons. The first-order valence-corrected chi connectivity index (χ1v) is 10.2. The maximum absolute atomic E-state index is 12.5. The van der Waals surface area contributed by atoms with E-state index in [-0.39, 0.29) is 11.8 Å². The van der Waals surface area contributed by atoms with Crippen LogP contribution in [0.1, 0.15) is 20.8 Å². The highest BCUT2D eigenvalue weighted by Gasteiger charge is 2.33. The molecule has 1 aromatic carbocycles. The van der Waals surface area contributed by atoms with Gasteiger partial charge >= 0.3 is 12.5 Å². The fraction of sp³-hybridized carbons (Fsp3) is 0.429. The molecule has 1 amide bonds. The molecule has 4 rings (SSSR count). The number of carbonyl (C=O) groups excluding carboxylic acids is 1. The monoisotopic (exact) mass is 464 g/mol. The number of ether oxygens (including phenoxy) is 2. The summed E-state index contributed by atoms with van der Waals surface area (Å²) >= 11 is 0. The van der Waals surface area contributed by atoms with E-state index in [0.717, 1.165) is 0 Å². The molecular formula is C21H23F3N6O3. The third-order valence-corrected chi connectivity index (χ3v) is 4.79. The van der Waals surface area contributed by atoms with Crippen molar-refractivity contribution in [3.05, 3.63) is 30.6 Å². The Morgan fingerprint density at radius 1 is 1.12 bits per heavy atom. The van der Waals surface area contributed by atoms with Gasteiger partial charge in [-0.25, -0.2) is 14.8 Å². The van der Waals surface area contributed by atoms with E-state index in [1.807, 2.05) is 4.90 Å². The zero-order chi connectivity index (χ0) is 24.0. The number of anilines is 1. The molecule has 176 valence electrons. The van der Waals surface area contributed by atoms with Crippen LogP contribution in [0.25, 0.3) is 22.4 Å². The first-order chi connectivity index (χ1) is 15.4. The standard InChI is InChI=1S/C21H23F3N6O3/c1-20(2,3)33-19(31)26-13-9-30(10-13)18-27-15(16-17(28-18)29(4)11-25-16)12-5-7-14(8-6-12)32-21(22,23)24/h5-8,11,13H,9-10H2,1-4H3,(H,26,31). The first-order valence-electron chi connectivity index (χ1n) is 10.2. The zero-order valence-corrected chi connectivity index (χ0v) is 18.5. The van der Waals surface area contributed by atoms with Gasteiger partial charge in [0.15, 0.2) is 5.65 Å². The van der Waals surface area contributed by atoms with Gasteiger partial charge in [0.1, 0.15) is 22.6 Å². The maximum atomic E-state index is 12.5. The van der Waals surface area contributed by atoms with Crippen LogP contribution >= 0.6 is 0 Å². The third kappa shape index (κ3) is 5.26. The van der Waals surface area contributed by atoms with Gasteiger partial charge in [-0.1, -0.05) is 0 Å². The highest BCUT2D eigenvalue weighted by Crippen LogP contribution is 2.31. The van der Waals surface area contributed by atoms with Crippen LogP contribution in [-0.2, 0) is 11.8 Å². The minimum Gasteiger partial charge on any atom is -0.444 e. The molecule has 1 saturated heterocycles. The summed E-state index contributed by atoms with van der Waals surface area (Å²) in [7, 11) is 1.79. The number of nitrogens with zero attached hydrogens (tertiary/aromatic N) is 5. The first kappa shape index (κ1) is 22.6. The maximum Gasteiger partial charge on any atom is 0.573 e. The number of aryl methyl sites for hydroxylation is 1. The molecule has 0 bridgehead atoms. The Labute approximate surface area is 187 Å². The van der Waals surface area contributed by atoms with Gasteiger partial charge in [-0.15, -0.1) is 13.2 Å². The summed E-state index contributed by atoms with van der Waals surface area (Å²) in [6.07, 6.45) is -3.66. The van der Waals surface area contributed by atoms with Crippen molar-refractivity contribution in [2.75, 3.05) is 18.0 Å². The molecule has 0 atom stereocenters. The van der Waals surface area contributed by atoms with E-state index in [1.165, 1.54) is 24.3 Å². The number of halogens is 3. The Bertz CT molecular complexity index is 1160. The van der Waals surface area contributed by atoms with Gasteiger partial charge in [0.05, 0.1) is 12.4 Å². The van der Waals surface area contributed by atoms with Crippen LogP contribution in [0.5, 0.6) is 5.75 Å². The van der Waals surface area contributed by atoms with E-state index in [4.69, 9.17) is 4.74 Å². The third-order valence-electron chi connectivity index (χ3n) is 4.79. The van der Waals surface area contributed by atoms with Gasteiger partial charge in [0, 0.05) is 25.7 Å². The number of hydrogen-bond acceptors (Lipinski definition) is 7. The van der Waals surface area contributed by atoms with E-state index in [0.29, 0.717) is 41.5 Å². The van der Waals surface area contributed by atoms with Gasteiger partial charge in [0.2, 0.25) is 5.95 Å². The van der Waals surface area contributed by atoms with Crippen molar-refractivity contribution in [3.8, 4) is 17.0 Å². The second-order valence-corrected chi connectivity index (χ2v) is 8.72. The summed E-state index contributed by atoms with van der Waals surface area (Å²) in [6.45, 7) is 6.35. The number of rotatable bonds is 4. The SMILES string of the molecule is Cn1cnc2c(-c3ccc(OC(F)(F)F)cc3)nc(N3CC(NC(=O)OC(C)(C)C)C3)nc21. The molecule has 1 aliphatic heterocycles. The van der Waals surface area contributed by atoms with Crippen LogP contribution in [-0.4, -0.2) is 56.7 Å². The van der Waals surface area contributed by atoms with Gasteiger partial charge in [0.25, 0.3) is 0 Å². The lowest BCUT2D eigenvalue weighted by atomic mass is 10.1. The lowest BCUT2D eigenvalue weighted by Crippen LogP contribution is -2.60. The summed E-state index contributed by atoms with van der Waals surface area (Å²) < 4.78 is 48.3. The van der Waals surface area contributed by atoms with Crippen molar-refractivity contribution >= 4 is 23.2 Å². The second-order valence-electron chi connectivity index (χ2n) is 8.72. The molecule has 9 nitrogen and oxygen atoms in total. The largest absolute Gasteiger partial charge is 0.573 e. The van der Waals surface area contributed by atoms with E-state index < -0.39 is 18.1 Å². The molecule has 33 heavy (non-hydrogen) atoms. The van der Waals surface area contributed by atoms with Crippen molar-refractivity contribution in [3.63, 3.8) is 0 Å². The predicted molar refractivity (Wildman–Crippen MR) is 114 cm³/mol. The molecule has 1 fully saturated rings. The fourth-order valence-corrected chi connectivity index (χ4v) is 3.36. The Balaban J connectivity index is 1.55. The highest BCUT2D eigenvalue weighted by atomic mass is 19.4. The molecule has 0 saturated carbocycles. The molecule has 2 aromatic heterocycles. The molecule has 3 aromatic rings. The number of alkyl halides is 3. The minimum atomic E-state index is -4.76. The predicted octanol–water partition coefficient (Wildman–Crippen LogP) is 3.64. The van der Waals surface area contributed by atoms with Gasteiger partial charge in [-0.3, -0.25) is 0 Å². The minimum absolute atomic E-state index is 0.118. The number of fused-ring (bicyclic) bond motifs is 1. The van der Waals surface area contributed by atoms with Crippen molar-refractivity contribution < 1.29 is 27.4 Å². The molecule has 1 aliphatic rings. The summed E-state index contributed by atoms with van der Waals surface area (Å²) in [5.41, 5.74) is 1.57. The van der Waals surface area contributed by atoms with Crippen molar-refractivity contribution in [2.24, 2.45) is 7.05 Å². The van der Waals surface area contributed by atoms with Crippen LogP contribution < -0.4 is 15.0 Å². The second kappa shape index (κ2) is 8.09. The summed E-state index contributed by atoms with van der Waals surface area (Å²) in [5.74, 6) is 0.107. The summed E-state index contributed by atoms with van der Waals surface area (Å²) in [6, 6.07) is 5.32. The highest BCUT2D eigenvalue weighted by molar-refractivity contribution is 5.88. The zero-order valence-electron chi connectivity index (χ0n) is 18.5. The number of nitrogens with one attached hydrogen (secondary N) is 1. The lowest BCUT2D eigenvalue weighted by molar-refractivity contribution is -0.274. The number of amides is 1. The van der Waals surface area contributed by atoms with E-state index in [2.05, 4.69) is 25.0 Å². The summed E-state index contributed by atoms with van der Waals surface area (Å²) in [4.78, 5) is 27.4. The topological polar surface area (TPSA) is 94.4 Å². The van der Waals surface area contributed by atoms with Gasteiger partial charge in [-0.2, -0.15) is 4.98 Å². The van der Waals surface area contributed by atoms with E-state index in [1.54, 1.807) is 38.7 Å². The smallest absolute Gasteiger partial charge is 0.444 e. The average Bonchev–Trinajstić information content (AvgIpc) is 3.03. The van der Waals surface area contributed by atoms with Crippen molar-refractivity contribution in [1.29, 1.82) is 0 Å². The van der Waals surface area contributed by atoms with Crippen LogP contribution in [0, 0.1) is 0 Å². The molecule has 3 heterocycles. The van der Waals surface area contributed by atoms with E-state index in [9.17, 15) is 18.0 Å². The fourth-order valence-electron chi connectivity index (χ4n) is 3.36. The normalized spacial score (nSPS) is 14.8. The Hall–Kier alpha value is -3.57. The molecule has 0 aliphatic carbocycles. The number of benzene rings is 1. The van der Waals surface area contributed by atoms with Crippen LogP contribution in [0.2, 0.25) is 0 Å². The van der Waals surface area contributed by atoms with Crippen LogP contribution in [0.4, 0.5) is 23.9 Å². The summed E-state index contributed by atoms with van der Waals surface area (Å²) in [5, 5.41) is 2.81. The number of hydrogen-bond donors (Lipinski definition) is 1. The number of carbonyl (C=O) groups is 1. The molecule has 0 spiro atoms. The Morgan fingerprint density at radius 2 is 1.79 bits per heavy atom. The Morgan fingerprint density at radius 3 is 2.39 bits per heavy atom. The number of imidazole rings is 1. The van der Waals surface area contributed by atoms with Gasteiger partial charge in [-0.05, 0) is 45.0 Å². The van der Waals surface area contributed by atoms with Crippen molar-refractivity contribution in [1.82, 2.24) is 24.8 Å². The molecule has 12 heteroatoms. The number of aromatic nitrogens is 4.